The van der Waals surface area contributed by atoms with Crippen LogP contribution in [0.5, 0.6) is 5.75 Å². The highest BCUT2D eigenvalue weighted by Crippen LogP contribution is 2.29. The van der Waals surface area contributed by atoms with Gasteiger partial charge in [-0.1, -0.05) is 24.3 Å². The molecule has 2 aromatic rings. The number of amides is 1. The molecule has 1 aromatic carbocycles. The Hall–Kier alpha value is -3.40. The fourth-order valence-electron chi connectivity index (χ4n) is 3.66. The molecule has 1 aromatic heterocycles. The first-order chi connectivity index (χ1) is 15.4. The van der Waals surface area contributed by atoms with Crippen molar-refractivity contribution in [2.45, 2.75) is 32.2 Å². The van der Waals surface area contributed by atoms with Gasteiger partial charge < -0.3 is 25.6 Å². The van der Waals surface area contributed by atoms with Crippen molar-refractivity contribution < 1.29 is 19.7 Å². The number of fused-ring (bicyclic) bond motifs is 1. The SMILES string of the molecule is CC1=C(C(=O)Nc2cccc(C)n2)N2NC(c3cccc(OC[C@H](O)CO)c3)C=CC2N1. The molecular weight excluding hydrogens is 410 g/mol. The largest absolute Gasteiger partial charge is 0.491 e. The predicted molar refractivity (Wildman–Crippen MR) is 119 cm³/mol. The number of aliphatic hydroxyl groups excluding tert-OH is 2. The molecule has 2 aliphatic heterocycles. The van der Waals surface area contributed by atoms with Gasteiger partial charge in [0.1, 0.15) is 36.1 Å². The van der Waals surface area contributed by atoms with Gasteiger partial charge in [-0.15, -0.1) is 0 Å². The average Bonchev–Trinajstić information content (AvgIpc) is 3.12. The summed E-state index contributed by atoms with van der Waals surface area (Å²) in [6, 6.07) is 12.8. The number of allylic oxidation sites excluding steroid dienone is 1. The zero-order valence-corrected chi connectivity index (χ0v) is 17.9. The van der Waals surface area contributed by atoms with Gasteiger partial charge in [0.2, 0.25) is 0 Å². The number of anilines is 1. The quantitative estimate of drug-likeness (QED) is 0.412. The van der Waals surface area contributed by atoms with Crippen molar-refractivity contribution in [3.8, 4) is 5.75 Å². The fourth-order valence-corrected chi connectivity index (χ4v) is 3.66. The highest BCUT2D eigenvalue weighted by atomic mass is 16.5. The molecule has 9 heteroatoms. The number of hydrazine groups is 1. The van der Waals surface area contributed by atoms with Crippen molar-refractivity contribution in [2.24, 2.45) is 0 Å². The number of carbonyl (C=O) groups excluding carboxylic acids is 1. The Morgan fingerprint density at radius 1 is 1.25 bits per heavy atom. The van der Waals surface area contributed by atoms with Crippen molar-refractivity contribution in [1.29, 1.82) is 0 Å². The Morgan fingerprint density at radius 2 is 2.06 bits per heavy atom. The van der Waals surface area contributed by atoms with E-state index in [1.165, 1.54) is 0 Å². The number of pyridine rings is 1. The Balaban J connectivity index is 1.49. The third-order valence-electron chi connectivity index (χ3n) is 5.22. The van der Waals surface area contributed by atoms with Crippen LogP contribution in [0, 0.1) is 6.92 Å². The molecule has 0 bridgehead atoms. The minimum atomic E-state index is -0.931. The maximum absolute atomic E-state index is 13.0. The van der Waals surface area contributed by atoms with E-state index in [0.29, 0.717) is 17.3 Å². The summed E-state index contributed by atoms with van der Waals surface area (Å²) in [4.78, 5) is 17.4. The predicted octanol–water partition coefficient (Wildman–Crippen LogP) is 1.34. The summed E-state index contributed by atoms with van der Waals surface area (Å²) in [5, 5.41) is 26.4. The Morgan fingerprint density at radius 3 is 2.84 bits per heavy atom. The number of aliphatic hydroxyl groups is 2. The highest BCUT2D eigenvalue weighted by Gasteiger charge is 2.36. The third-order valence-corrected chi connectivity index (χ3v) is 5.22. The smallest absolute Gasteiger partial charge is 0.276 e. The van der Waals surface area contributed by atoms with Crippen LogP contribution < -0.4 is 20.8 Å². The lowest BCUT2D eigenvalue weighted by Gasteiger charge is -2.34. The second-order valence-corrected chi connectivity index (χ2v) is 7.76. The van der Waals surface area contributed by atoms with Gasteiger partial charge in [-0.25, -0.2) is 10.4 Å². The van der Waals surface area contributed by atoms with Gasteiger partial charge in [0.25, 0.3) is 5.91 Å². The van der Waals surface area contributed by atoms with Crippen molar-refractivity contribution in [3.63, 3.8) is 0 Å². The summed E-state index contributed by atoms with van der Waals surface area (Å²) < 4.78 is 5.56. The molecule has 168 valence electrons. The molecule has 0 radical (unpaired) electrons. The van der Waals surface area contributed by atoms with Crippen LogP contribution in [0.4, 0.5) is 5.82 Å². The van der Waals surface area contributed by atoms with Crippen LogP contribution >= 0.6 is 0 Å². The van der Waals surface area contributed by atoms with Crippen LogP contribution in [-0.4, -0.2) is 51.6 Å². The highest BCUT2D eigenvalue weighted by molar-refractivity contribution is 6.03. The Bertz CT molecular complexity index is 1050. The topological polar surface area (TPSA) is 119 Å². The molecule has 0 fully saturated rings. The first kappa shape index (κ1) is 21.8. The Kier molecular flexibility index (Phi) is 6.40. The number of hydrogen-bond acceptors (Lipinski definition) is 8. The number of hydrogen-bond donors (Lipinski definition) is 5. The number of carbonyl (C=O) groups is 1. The number of ether oxygens (including phenoxy) is 1. The number of nitrogens with one attached hydrogen (secondary N) is 3. The van der Waals surface area contributed by atoms with Crippen molar-refractivity contribution in [1.82, 2.24) is 20.7 Å². The lowest BCUT2D eigenvalue weighted by Crippen LogP contribution is -2.50. The molecule has 0 saturated carbocycles. The number of aryl methyl sites for hydroxylation is 1. The van der Waals surface area contributed by atoms with Gasteiger partial charge in [-0.05, 0) is 49.8 Å². The molecular formula is C23H27N5O4. The van der Waals surface area contributed by atoms with E-state index in [1.54, 1.807) is 12.1 Å². The summed E-state index contributed by atoms with van der Waals surface area (Å²) in [5.74, 6) is 0.826. The molecule has 3 atom stereocenters. The maximum Gasteiger partial charge on any atom is 0.276 e. The number of nitrogens with zero attached hydrogens (tertiary/aromatic N) is 2. The fraction of sp³-hybridized carbons (Fsp3) is 0.304. The normalized spacial score (nSPS) is 20.6. The summed E-state index contributed by atoms with van der Waals surface area (Å²) in [6.07, 6.45) is 2.90. The summed E-state index contributed by atoms with van der Waals surface area (Å²) in [7, 11) is 0. The minimum absolute atomic E-state index is 0.00521. The van der Waals surface area contributed by atoms with Gasteiger partial charge in [-0.2, -0.15) is 0 Å². The zero-order chi connectivity index (χ0) is 22.7. The molecule has 0 saturated heterocycles. The number of rotatable bonds is 7. The van der Waals surface area contributed by atoms with Crippen LogP contribution in [0.3, 0.4) is 0 Å². The van der Waals surface area contributed by atoms with Crippen LogP contribution in [0.15, 0.2) is 66.0 Å². The van der Waals surface area contributed by atoms with Crippen molar-refractivity contribution in [2.75, 3.05) is 18.5 Å². The molecule has 5 N–H and O–H groups in total. The summed E-state index contributed by atoms with van der Waals surface area (Å²) >= 11 is 0. The molecule has 2 aliphatic rings. The molecule has 0 spiro atoms. The van der Waals surface area contributed by atoms with E-state index in [1.807, 2.05) is 61.3 Å². The van der Waals surface area contributed by atoms with E-state index in [9.17, 15) is 9.90 Å². The monoisotopic (exact) mass is 437 g/mol. The van der Waals surface area contributed by atoms with E-state index in [2.05, 4.69) is 21.0 Å². The Labute approximate surface area is 186 Å². The van der Waals surface area contributed by atoms with Gasteiger partial charge >= 0.3 is 0 Å². The number of benzene rings is 1. The van der Waals surface area contributed by atoms with Gasteiger partial charge in [0.05, 0.1) is 12.6 Å². The molecule has 32 heavy (non-hydrogen) atoms. The first-order valence-corrected chi connectivity index (χ1v) is 10.4. The van der Waals surface area contributed by atoms with E-state index in [4.69, 9.17) is 9.84 Å². The standard InChI is InChI=1S/C23H27N5O4/c1-14-5-3-8-20(24-14)26-23(31)22-15(2)25-21-10-9-19(27-28(21)22)16-6-4-7-18(11-16)32-13-17(30)12-29/h3-11,17,19,21,25,27,29-30H,12-13H2,1-2H3,(H,24,26,31)/t17-,19?,21?/m1/s1. The van der Waals surface area contributed by atoms with Crippen LogP contribution in [0.25, 0.3) is 0 Å². The average molecular weight is 438 g/mol. The lowest BCUT2D eigenvalue weighted by molar-refractivity contribution is -0.114. The minimum Gasteiger partial charge on any atom is -0.491 e. The number of aromatic nitrogens is 1. The van der Waals surface area contributed by atoms with Gasteiger partial charge in [0, 0.05) is 11.4 Å². The first-order valence-electron chi connectivity index (χ1n) is 10.4. The van der Waals surface area contributed by atoms with Gasteiger partial charge in [-0.3, -0.25) is 9.80 Å². The molecule has 0 aliphatic carbocycles. The van der Waals surface area contributed by atoms with E-state index < -0.39 is 6.10 Å². The maximum atomic E-state index is 13.0. The van der Waals surface area contributed by atoms with Crippen molar-refractivity contribution >= 4 is 11.7 Å². The van der Waals surface area contributed by atoms with Crippen molar-refractivity contribution in [3.05, 3.63) is 77.3 Å². The van der Waals surface area contributed by atoms with Crippen LogP contribution in [0.1, 0.15) is 24.2 Å². The molecule has 2 unspecified atom stereocenters. The van der Waals surface area contributed by atoms with E-state index >= 15 is 0 Å². The lowest BCUT2D eigenvalue weighted by atomic mass is 10.0. The summed E-state index contributed by atoms with van der Waals surface area (Å²) in [5.41, 5.74) is 6.40. The van der Waals surface area contributed by atoms with E-state index in [-0.39, 0.29) is 31.3 Å². The second-order valence-electron chi connectivity index (χ2n) is 7.76. The summed E-state index contributed by atoms with van der Waals surface area (Å²) in [6.45, 7) is 3.38. The van der Waals surface area contributed by atoms with Crippen LogP contribution in [0.2, 0.25) is 0 Å². The second kappa shape index (κ2) is 9.39. The van der Waals surface area contributed by atoms with Gasteiger partial charge in [0.15, 0.2) is 0 Å². The molecule has 4 rings (SSSR count). The molecule has 3 heterocycles. The third kappa shape index (κ3) is 4.75. The molecule has 1 amide bonds. The van der Waals surface area contributed by atoms with E-state index in [0.717, 1.165) is 17.0 Å². The zero-order valence-electron chi connectivity index (χ0n) is 17.9. The van der Waals surface area contributed by atoms with Crippen LogP contribution in [-0.2, 0) is 4.79 Å². The molecule has 9 nitrogen and oxygen atoms in total.